The van der Waals surface area contributed by atoms with Crippen molar-refractivity contribution in [3.05, 3.63) is 273 Å². The summed E-state index contributed by atoms with van der Waals surface area (Å²) in [5.41, 5.74) is 21.7. The molecule has 0 aliphatic carbocycles. The van der Waals surface area contributed by atoms with Crippen molar-refractivity contribution in [3.8, 4) is 77.9 Å². The molecule has 2 nitrogen and oxygen atoms in total. The first kappa shape index (κ1) is 40.5. The van der Waals surface area contributed by atoms with E-state index in [9.17, 15) is 0 Å². The van der Waals surface area contributed by atoms with Crippen LogP contribution in [0.1, 0.15) is 0 Å². The molecule has 0 amide bonds. The van der Waals surface area contributed by atoms with E-state index in [1.54, 1.807) is 0 Å². The van der Waals surface area contributed by atoms with Crippen molar-refractivity contribution in [2.24, 2.45) is 0 Å². The molecule has 0 unspecified atom stereocenters. The van der Waals surface area contributed by atoms with Crippen LogP contribution in [-0.4, -0.2) is 0 Å². The molecule has 1 aromatic heterocycles. The lowest BCUT2D eigenvalue weighted by Gasteiger charge is -2.26. The Morgan fingerprint density at radius 2 is 0.515 bits per heavy atom. The van der Waals surface area contributed by atoms with Gasteiger partial charge in [-0.25, -0.2) is 0 Å². The van der Waals surface area contributed by atoms with Crippen LogP contribution in [0.3, 0.4) is 0 Å². The van der Waals surface area contributed by atoms with Crippen LogP contribution >= 0.6 is 0 Å². The molecule has 0 saturated heterocycles. The molecule has 12 rings (SSSR count). The van der Waals surface area contributed by atoms with E-state index in [4.69, 9.17) is 4.42 Å². The third-order valence-electron chi connectivity index (χ3n) is 13.2. The van der Waals surface area contributed by atoms with E-state index < -0.39 is 0 Å². The summed E-state index contributed by atoms with van der Waals surface area (Å²) in [6, 6.07) is 98.0. The molecule has 320 valence electrons. The fraction of sp³-hybridized carbons (Fsp3) is 0. The molecular formula is C66H45NO. The molecule has 0 saturated carbocycles. The fourth-order valence-electron chi connectivity index (χ4n) is 9.74. The molecule has 0 N–H and O–H groups in total. The average molecular weight is 868 g/mol. The van der Waals surface area contributed by atoms with Crippen molar-refractivity contribution in [2.45, 2.75) is 0 Å². The monoisotopic (exact) mass is 867 g/mol. The van der Waals surface area contributed by atoms with Crippen molar-refractivity contribution in [1.29, 1.82) is 0 Å². The molecule has 0 aliphatic rings. The number of benzene rings is 11. The second-order valence-electron chi connectivity index (χ2n) is 17.2. The Hall–Kier alpha value is -8.98. The minimum atomic E-state index is 0.900. The highest BCUT2D eigenvalue weighted by Crippen LogP contribution is 2.43. The van der Waals surface area contributed by atoms with Gasteiger partial charge in [-0.3, -0.25) is 0 Å². The molecule has 0 radical (unpaired) electrons. The Kier molecular flexibility index (Phi) is 10.6. The van der Waals surface area contributed by atoms with Crippen LogP contribution in [-0.2, 0) is 0 Å². The zero-order valence-corrected chi connectivity index (χ0v) is 37.3. The van der Waals surface area contributed by atoms with Crippen molar-refractivity contribution >= 4 is 39.0 Å². The Labute approximate surface area is 397 Å². The molecule has 1 heterocycles. The van der Waals surface area contributed by atoms with Gasteiger partial charge in [0.25, 0.3) is 0 Å². The quantitative estimate of drug-likeness (QED) is 0.136. The summed E-state index contributed by atoms with van der Waals surface area (Å²) in [6.07, 6.45) is 0. The first-order valence-corrected chi connectivity index (χ1v) is 23.2. The minimum absolute atomic E-state index is 0.900. The molecule has 0 spiro atoms. The highest BCUT2D eigenvalue weighted by molar-refractivity contribution is 6.06. The summed E-state index contributed by atoms with van der Waals surface area (Å²) in [7, 11) is 0. The first-order chi connectivity index (χ1) is 33.7. The van der Waals surface area contributed by atoms with Gasteiger partial charge >= 0.3 is 0 Å². The van der Waals surface area contributed by atoms with Crippen LogP contribution in [0.25, 0.3) is 99.8 Å². The zero-order chi connectivity index (χ0) is 45.2. The van der Waals surface area contributed by atoms with Crippen LogP contribution in [0.4, 0.5) is 17.1 Å². The van der Waals surface area contributed by atoms with E-state index in [2.05, 4.69) is 266 Å². The number of fused-ring (bicyclic) bond motifs is 3. The molecule has 0 atom stereocenters. The van der Waals surface area contributed by atoms with Crippen molar-refractivity contribution < 1.29 is 4.42 Å². The average Bonchev–Trinajstić information content (AvgIpc) is 3.80. The smallest absolute Gasteiger partial charge is 0.135 e. The summed E-state index contributed by atoms with van der Waals surface area (Å²) in [4.78, 5) is 2.35. The predicted octanol–water partition coefficient (Wildman–Crippen LogP) is 18.7. The summed E-state index contributed by atoms with van der Waals surface area (Å²) in [5, 5.41) is 2.26. The molecule has 12 aromatic rings. The topological polar surface area (TPSA) is 16.4 Å². The van der Waals surface area contributed by atoms with Gasteiger partial charge in [0.1, 0.15) is 11.2 Å². The van der Waals surface area contributed by atoms with Gasteiger partial charge in [-0.1, -0.05) is 218 Å². The number of hydrogen-bond acceptors (Lipinski definition) is 2. The van der Waals surface area contributed by atoms with Crippen LogP contribution in [0.15, 0.2) is 277 Å². The van der Waals surface area contributed by atoms with E-state index in [0.29, 0.717) is 0 Å². The number of rotatable bonds is 10. The van der Waals surface area contributed by atoms with Gasteiger partial charge in [-0.2, -0.15) is 0 Å². The second-order valence-corrected chi connectivity index (χ2v) is 17.2. The lowest BCUT2D eigenvalue weighted by atomic mass is 9.87. The summed E-state index contributed by atoms with van der Waals surface area (Å²) < 4.78 is 6.15. The SMILES string of the molecule is c1ccc(-c2ccc(-c3ccc(N(c4ccc(-c5ccc6oc7ccccc7c6c5)cc4)c4ccc(-c5ccccc5-c5ccccc5-c5ccccc5-c5ccccc5)cc4)cc3)cc2)cc1. The molecule has 0 aliphatic heterocycles. The van der Waals surface area contributed by atoms with Gasteiger partial charge in [-0.15, -0.1) is 0 Å². The van der Waals surface area contributed by atoms with Gasteiger partial charge < -0.3 is 9.32 Å². The minimum Gasteiger partial charge on any atom is -0.456 e. The molecule has 0 fully saturated rings. The van der Waals surface area contributed by atoms with Crippen molar-refractivity contribution in [1.82, 2.24) is 0 Å². The molecule has 68 heavy (non-hydrogen) atoms. The summed E-state index contributed by atoms with van der Waals surface area (Å²) >= 11 is 0. The fourth-order valence-corrected chi connectivity index (χ4v) is 9.74. The number of furan rings is 1. The Bertz CT molecular complexity index is 3680. The second kappa shape index (κ2) is 17.8. The standard InChI is InChI=1S/C66H45NO/c1-3-15-46(16-4-1)47-27-29-48(30-28-47)49-31-38-54(39-32-49)67(55-40-33-50(34-41-55)53-37-44-66-64(45-53)63-25-13-14-26-65(63)68-66)56-42-35-52(36-43-56)58-20-8-10-22-60(58)62-24-12-11-23-61(62)59-21-9-7-19-57(59)51-17-5-2-6-18-51/h1-45H. The highest BCUT2D eigenvalue weighted by atomic mass is 16.3. The van der Waals surface area contributed by atoms with E-state index >= 15 is 0 Å². The third kappa shape index (κ3) is 7.74. The van der Waals surface area contributed by atoms with Gasteiger partial charge in [0.2, 0.25) is 0 Å². The number of anilines is 3. The Balaban J connectivity index is 0.907. The maximum atomic E-state index is 6.15. The maximum Gasteiger partial charge on any atom is 0.135 e. The lowest BCUT2D eigenvalue weighted by molar-refractivity contribution is 0.669. The van der Waals surface area contributed by atoms with Gasteiger partial charge in [-0.05, 0) is 132 Å². The largest absolute Gasteiger partial charge is 0.456 e. The highest BCUT2D eigenvalue weighted by Gasteiger charge is 2.18. The van der Waals surface area contributed by atoms with Crippen molar-refractivity contribution in [3.63, 3.8) is 0 Å². The van der Waals surface area contributed by atoms with Crippen LogP contribution in [0.5, 0.6) is 0 Å². The van der Waals surface area contributed by atoms with E-state index in [1.807, 2.05) is 12.1 Å². The van der Waals surface area contributed by atoms with Crippen LogP contribution in [0, 0.1) is 0 Å². The normalized spacial score (nSPS) is 11.2. The molecule has 2 heteroatoms. The Morgan fingerprint density at radius 1 is 0.206 bits per heavy atom. The van der Waals surface area contributed by atoms with E-state index in [0.717, 1.165) is 55.7 Å². The van der Waals surface area contributed by atoms with Crippen LogP contribution < -0.4 is 4.90 Å². The first-order valence-electron chi connectivity index (χ1n) is 23.2. The summed E-state index contributed by atoms with van der Waals surface area (Å²) in [6.45, 7) is 0. The molecular weight excluding hydrogens is 823 g/mol. The van der Waals surface area contributed by atoms with Gasteiger partial charge in [0, 0.05) is 27.8 Å². The number of nitrogens with zero attached hydrogens (tertiary/aromatic N) is 1. The zero-order valence-electron chi connectivity index (χ0n) is 37.3. The van der Waals surface area contributed by atoms with Gasteiger partial charge in [0.05, 0.1) is 0 Å². The predicted molar refractivity (Wildman–Crippen MR) is 286 cm³/mol. The Morgan fingerprint density at radius 3 is 1.01 bits per heavy atom. The van der Waals surface area contributed by atoms with Gasteiger partial charge in [0.15, 0.2) is 0 Å². The summed E-state index contributed by atoms with van der Waals surface area (Å²) in [5.74, 6) is 0. The van der Waals surface area contributed by atoms with Crippen molar-refractivity contribution in [2.75, 3.05) is 4.90 Å². The lowest BCUT2D eigenvalue weighted by Crippen LogP contribution is -2.09. The van der Waals surface area contributed by atoms with E-state index in [1.165, 1.54) is 61.2 Å². The molecule has 11 aromatic carbocycles. The maximum absolute atomic E-state index is 6.15. The van der Waals surface area contributed by atoms with E-state index in [-0.39, 0.29) is 0 Å². The molecule has 0 bridgehead atoms. The van der Waals surface area contributed by atoms with Crippen LogP contribution in [0.2, 0.25) is 0 Å². The number of hydrogen-bond donors (Lipinski definition) is 0. The third-order valence-corrected chi connectivity index (χ3v) is 13.2. The number of para-hydroxylation sites is 1.